The maximum Gasteiger partial charge on any atom is 0.244 e. The van der Waals surface area contributed by atoms with Crippen LogP contribution in [0.4, 0.5) is 0 Å². The van der Waals surface area contributed by atoms with E-state index in [0.29, 0.717) is 5.92 Å². The maximum absolute atomic E-state index is 12.2. The molecule has 2 amide bonds. The largest absolute Gasteiger partial charge is 0.344 e. The molecule has 2 aliphatic rings. The Balaban J connectivity index is 1.80. The summed E-state index contributed by atoms with van der Waals surface area (Å²) in [6.07, 6.45) is 3.36. The number of rotatable bonds is 4. The molecule has 0 saturated carbocycles. The van der Waals surface area contributed by atoms with Crippen LogP contribution in [0, 0.1) is 11.8 Å². The van der Waals surface area contributed by atoms with Gasteiger partial charge in [0, 0.05) is 19.0 Å². The third-order valence-electron chi connectivity index (χ3n) is 4.33. The summed E-state index contributed by atoms with van der Waals surface area (Å²) in [5.41, 5.74) is 0. The molecule has 5 heteroatoms. The maximum atomic E-state index is 12.2. The molecule has 0 bridgehead atoms. The molecule has 2 rings (SSSR count). The van der Waals surface area contributed by atoms with Crippen molar-refractivity contribution in [2.45, 2.75) is 39.2 Å². The number of hydrogen-bond acceptors (Lipinski definition) is 3. The van der Waals surface area contributed by atoms with E-state index in [1.54, 1.807) is 6.92 Å². The van der Waals surface area contributed by atoms with Gasteiger partial charge in [-0.05, 0) is 45.2 Å². The number of piperidine rings is 1. The Labute approximate surface area is 115 Å². The van der Waals surface area contributed by atoms with Crippen LogP contribution in [0.1, 0.15) is 33.1 Å². The first kappa shape index (κ1) is 14.3. The van der Waals surface area contributed by atoms with Crippen LogP contribution in [0.2, 0.25) is 0 Å². The molecule has 0 aliphatic carbocycles. The second kappa shape index (κ2) is 6.37. The molecule has 108 valence electrons. The average molecular weight is 267 g/mol. The fraction of sp³-hybridized carbons (Fsp3) is 0.857. The normalized spacial score (nSPS) is 23.4. The quantitative estimate of drug-likeness (QED) is 0.773. The highest BCUT2D eigenvalue weighted by Crippen LogP contribution is 2.16. The molecule has 2 atom stereocenters. The molecule has 2 aliphatic heterocycles. The predicted molar refractivity (Wildman–Crippen MR) is 73.6 cm³/mol. The van der Waals surface area contributed by atoms with Crippen LogP contribution in [0.5, 0.6) is 0 Å². The lowest BCUT2D eigenvalue weighted by Crippen LogP contribution is -2.53. The molecule has 0 aromatic rings. The van der Waals surface area contributed by atoms with E-state index in [9.17, 15) is 9.59 Å². The molecule has 0 aromatic heterocycles. The van der Waals surface area contributed by atoms with Crippen LogP contribution in [0.15, 0.2) is 0 Å². The highest BCUT2D eigenvalue weighted by molar-refractivity contribution is 5.88. The number of likely N-dealkylation sites (tertiary alicyclic amines) is 1. The van der Waals surface area contributed by atoms with Crippen molar-refractivity contribution in [1.29, 1.82) is 0 Å². The lowest BCUT2D eigenvalue weighted by Gasteiger charge is -2.33. The zero-order valence-corrected chi connectivity index (χ0v) is 11.9. The minimum Gasteiger partial charge on any atom is -0.344 e. The Kier molecular flexibility index (Phi) is 4.80. The minimum atomic E-state index is -0.402. The smallest absolute Gasteiger partial charge is 0.244 e. The summed E-state index contributed by atoms with van der Waals surface area (Å²) in [6, 6.07) is -0.402. The van der Waals surface area contributed by atoms with Gasteiger partial charge in [-0.2, -0.15) is 0 Å². The third-order valence-corrected chi connectivity index (χ3v) is 4.33. The van der Waals surface area contributed by atoms with Gasteiger partial charge in [0.15, 0.2) is 0 Å². The first-order chi connectivity index (χ1) is 9.09. The zero-order chi connectivity index (χ0) is 13.8. The highest BCUT2D eigenvalue weighted by Gasteiger charge is 2.31. The van der Waals surface area contributed by atoms with Crippen molar-refractivity contribution in [3.05, 3.63) is 0 Å². The van der Waals surface area contributed by atoms with E-state index in [4.69, 9.17) is 0 Å². The number of nitrogens with zero attached hydrogens (tertiary/aromatic N) is 1. The standard InChI is InChI=1S/C14H25N3O2/c1-10(12-8-15-9-12)13(18)16-11(2)14(19)17-6-4-3-5-7-17/h10-12,15H,3-9H2,1-2H3,(H,16,18). The number of nitrogens with one attached hydrogen (secondary N) is 2. The Bertz CT molecular complexity index is 336. The van der Waals surface area contributed by atoms with Gasteiger partial charge in [0.25, 0.3) is 0 Å². The highest BCUT2D eigenvalue weighted by atomic mass is 16.2. The van der Waals surface area contributed by atoms with Gasteiger partial charge in [0.1, 0.15) is 6.04 Å². The average Bonchev–Trinajstić information content (AvgIpc) is 2.36. The summed E-state index contributed by atoms with van der Waals surface area (Å²) < 4.78 is 0. The first-order valence-corrected chi connectivity index (χ1v) is 7.39. The predicted octanol–water partition coefficient (Wildman–Crippen LogP) is 0.359. The summed E-state index contributed by atoms with van der Waals surface area (Å²) in [7, 11) is 0. The first-order valence-electron chi connectivity index (χ1n) is 7.39. The van der Waals surface area contributed by atoms with Gasteiger partial charge in [-0.15, -0.1) is 0 Å². The van der Waals surface area contributed by atoms with Gasteiger partial charge in [0.05, 0.1) is 0 Å². The van der Waals surface area contributed by atoms with E-state index in [1.807, 2.05) is 11.8 Å². The van der Waals surface area contributed by atoms with E-state index in [1.165, 1.54) is 6.42 Å². The van der Waals surface area contributed by atoms with E-state index >= 15 is 0 Å². The Morgan fingerprint density at radius 2 is 1.79 bits per heavy atom. The Morgan fingerprint density at radius 3 is 2.32 bits per heavy atom. The van der Waals surface area contributed by atoms with Crippen molar-refractivity contribution in [2.75, 3.05) is 26.2 Å². The fourth-order valence-electron chi connectivity index (χ4n) is 2.67. The summed E-state index contributed by atoms with van der Waals surface area (Å²) in [6.45, 7) is 7.22. The minimum absolute atomic E-state index is 0.00404. The number of hydrogen-bond donors (Lipinski definition) is 2. The molecule has 2 N–H and O–H groups in total. The van der Waals surface area contributed by atoms with Crippen LogP contribution in [0.25, 0.3) is 0 Å². The van der Waals surface area contributed by atoms with Crippen LogP contribution >= 0.6 is 0 Å². The second-order valence-corrected chi connectivity index (χ2v) is 5.82. The van der Waals surface area contributed by atoms with E-state index in [0.717, 1.165) is 39.0 Å². The number of amides is 2. The fourth-order valence-corrected chi connectivity index (χ4v) is 2.67. The van der Waals surface area contributed by atoms with Crippen molar-refractivity contribution in [3.63, 3.8) is 0 Å². The van der Waals surface area contributed by atoms with E-state index in [-0.39, 0.29) is 17.7 Å². The van der Waals surface area contributed by atoms with E-state index in [2.05, 4.69) is 10.6 Å². The van der Waals surface area contributed by atoms with Crippen molar-refractivity contribution in [1.82, 2.24) is 15.5 Å². The molecule has 19 heavy (non-hydrogen) atoms. The van der Waals surface area contributed by atoms with Gasteiger partial charge < -0.3 is 15.5 Å². The SMILES string of the molecule is CC(NC(=O)C(C)C1CNC1)C(=O)N1CCCCC1. The van der Waals surface area contributed by atoms with Gasteiger partial charge in [-0.25, -0.2) is 0 Å². The molecular weight excluding hydrogens is 242 g/mol. The molecular formula is C14H25N3O2. The topological polar surface area (TPSA) is 61.4 Å². The van der Waals surface area contributed by atoms with Gasteiger partial charge >= 0.3 is 0 Å². The molecule has 0 radical (unpaired) electrons. The molecule has 5 nitrogen and oxygen atoms in total. The Hall–Kier alpha value is -1.10. The van der Waals surface area contributed by atoms with Gasteiger partial charge in [-0.1, -0.05) is 6.92 Å². The van der Waals surface area contributed by atoms with Crippen molar-refractivity contribution >= 4 is 11.8 Å². The van der Waals surface area contributed by atoms with Crippen molar-refractivity contribution < 1.29 is 9.59 Å². The summed E-state index contributed by atoms with van der Waals surface area (Å²) in [5, 5.41) is 6.04. The van der Waals surface area contributed by atoms with Crippen LogP contribution < -0.4 is 10.6 Å². The lowest BCUT2D eigenvalue weighted by atomic mass is 9.88. The van der Waals surface area contributed by atoms with E-state index < -0.39 is 6.04 Å². The molecule has 2 saturated heterocycles. The zero-order valence-electron chi connectivity index (χ0n) is 11.9. The molecule has 0 aromatic carbocycles. The van der Waals surface area contributed by atoms with Gasteiger partial charge in [0.2, 0.25) is 11.8 Å². The molecule has 2 heterocycles. The van der Waals surface area contributed by atoms with Crippen LogP contribution in [-0.2, 0) is 9.59 Å². The molecule has 2 fully saturated rings. The summed E-state index contributed by atoms with van der Waals surface area (Å²) in [5.74, 6) is 0.464. The second-order valence-electron chi connectivity index (χ2n) is 5.82. The van der Waals surface area contributed by atoms with Crippen molar-refractivity contribution in [2.24, 2.45) is 11.8 Å². The Morgan fingerprint density at radius 1 is 1.16 bits per heavy atom. The summed E-state index contributed by atoms with van der Waals surface area (Å²) >= 11 is 0. The van der Waals surface area contributed by atoms with Crippen molar-refractivity contribution in [3.8, 4) is 0 Å². The van der Waals surface area contributed by atoms with Gasteiger partial charge in [-0.3, -0.25) is 9.59 Å². The molecule has 0 spiro atoms. The number of carbonyl (C=O) groups excluding carboxylic acids is 2. The monoisotopic (exact) mass is 267 g/mol. The van der Waals surface area contributed by atoms with Crippen LogP contribution in [-0.4, -0.2) is 48.9 Å². The third kappa shape index (κ3) is 3.47. The lowest BCUT2D eigenvalue weighted by molar-refractivity contribution is -0.138. The van der Waals surface area contributed by atoms with Crippen LogP contribution in [0.3, 0.4) is 0 Å². The summed E-state index contributed by atoms with van der Waals surface area (Å²) in [4.78, 5) is 26.2. The molecule has 2 unspecified atom stereocenters. The number of carbonyl (C=O) groups is 2.